The summed E-state index contributed by atoms with van der Waals surface area (Å²) in [5.41, 5.74) is 5.23. The first-order valence-electron chi connectivity index (χ1n) is 15.4. The quantitative estimate of drug-likeness (QED) is 0.148. The van der Waals surface area contributed by atoms with Crippen molar-refractivity contribution in [3.05, 3.63) is 77.2 Å². The second kappa shape index (κ2) is 14.7. The first-order valence-corrected chi connectivity index (χ1v) is 15.4. The van der Waals surface area contributed by atoms with Crippen molar-refractivity contribution in [2.24, 2.45) is 21.7 Å². The predicted molar refractivity (Wildman–Crippen MR) is 181 cm³/mol. The Morgan fingerprint density at radius 3 is 1.93 bits per heavy atom. The van der Waals surface area contributed by atoms with Gasteiger partial charge in [-0.05, 0) is 57.7 Å². The van der Waals surface area contributed by atoms with Gasteiger partial charge in [0, 0.05) is 43.2 Å². The molecule has 3 rings (SSSR count). The fourth-order valence-corrected chi connectivity index (χ4v) is 6.14. The van der Waals surface area contributed by atoms with E-state index in [1.807, 2.05) is 33.9 Å². The number of carbonyl (C=O) groups excluding carboxylic acids is 1. The van der Waals surface area contributed by atoms with Crippen LogP contribution in [-0.4, -0.2) is 15.9 Å². The molecule has 1 radical (unpaired) electrons. The number of fused-ring (bicyclic) bond motifs is 1. The van der Waals surface area contributed by atoms with Gasteiger partial charge in [-0.25, -0.2) is 0 Å². The van der Waals surface area contributed by atoms with Crippen molar-refractivity contribution in [2.45, 2.75) is 116 Å². The summed E-state index contributed by atoms with van der Waals surface area (Å²) in [7, 11) is 0. The van der Waals surface area contributed by atoms with Crippen LogP contribution in [0.25, 0.3) is 22.0 Å². The Labute approximate surface area is 276 Å². The van der Waals surface area contributed by atoms with E-state index >= 15 is 0 Å². The number of hydrogen-bond donors (Lipinski definition) is 1. The molecule has 3 nitrogen and oxygen atoms in total. The van der Waals surface area contributed by atoms with E-state index in [4.69, 9.17) is 0 Å². The molecule has 4 heteroatoms. The van der Waals surface area contributed by atoms with Gasteiger partial charge in [-0.15, -0.1) is 34.9 Å². The Morgan fingerprint density at radius 1 is 0.860 bits per heavy atom. The minimum absolute atomic E-state index is 0. The maximum Gasteiger partial charge on any atom is 0.164 e. The zero-order chi connectivity index (χ0) is 32.3. The van der Waals surface area contributed by atoms with Gasteiger partial charge in [-0.2, -0.15) is 0 Å². The van der Waals surface area contributed by atoms with Crippen LogP contribution in [0.4, 0.5) is 0 Å². The van der Waals surface area contributed by atoms with E-state index in [9.17, 15) is 9.90 Å². The number of hydrogen-bond acceptors (Lipinski definition) is 3. The van der Waals surface area contributed by atoms with E-state index in [1.54, 1.807) is 0 Å². The van der Waals surface area contributed by atoms with Crippen LogP contribution < -0.4 is 0 Å². The summed E-state index contributed by atoms with van der Waals surface area (Å²) in [4.78, 5) is 17.1. The monoisotopic (exact) mass is 763 g/mol. The molecular formula is C39H56IrNO2-. The number of aryl methyl sites for hydroxylation is 2. The standard InChI is InChI=1S/C20H20N.C19H36O2.Ir/c1-13(2)16-5-6-19-17(12-16)7-8-21-20(19)18-10-14(3)9-15(4)11-18;1-16(2,3)12-18(7,8)14(20)11-15(21)19(9,10)13-17(4,5)6;/h5-10,12-13H,1-4H3;11,20H,12-13H2,1-10H3;/q-1;;/b;14-11-;. The fraction of sp³-hybridized carbons (Fsp3) is 0.538. The zero-order valence-electron chi connectivity index (χ0n) is 29.2. The summed E-state index contributed by atoms with van der Waals surface area (Å²) >= 11 is 0. The van der Waals surface area contributed by atoms with E-state index in [2.05, 4.69) is 117 Å². The van der Waals surface area contributed by atoms with Crippen LogP contribution >= 0.6 is 0 Å². The summed E-state index contributed by atoms with van der Waals surface area (Å²) in [6.45, 7) is 29.4. The molecule has 0 saturated heterocycles. The molecule has 0 unspecified atom stereocenters. The smallest absolute Gasteiger partial charge is 0.164 e. The number of aromatic nitrogens is 1. The molecule has 0 aliphatic heterocycles. The van der Waals surface area contributed by atoms with E-state index < -0.39 is 5.41 Å². The summed E-state index contributed by atoms with van der Waals surface area (Å²) in [5.74, 6) is 0.750. The Kier molecular flexibility index (Phi) is 13.2. The number of benzene rings is 2. The van der Waals surface area contributed by atoms with Crippen molar-refractivity contribution in [3.8, 4) is 11.3 Å². The van der Waals surface area contributed by atoms with Crippen molar-refractivity contribution in [2.75, 3.05) is 0 Å². The van der Waals surface area contributed by atoms with Gasteiger partial charge in [0.15, 0.2) is 5.78 Å². The van der Waals surface area contributed by atoms with Crippen molar-refractivity contribution < 1.29 is 30.0 Å². The molecule has 3 aromatic rings. The Morgan fingerprint density at radius 2 is 1.42 bits per heavy atom. The number of ketones is 1. The van der Waals surface area contributed by atoms with Crippen LogP contribution in [0.1, 0.15) is 119 Å². The third-order valence-electron chi connectivity index (χ3n) is 7.43. The summed E-state index contributed by atoms with van der Waals surface area (Å²) in [6.07, 6.45) is 4.97. The van der Waals surface area contributed by atoms with E-state index in [1.165, 1.54) is 28.0 Å². The van der Waals surface area contributed by atoms with Gasteiger partial charge in [0.25, 0.3) is 0 Å². The molecule has 0 bridgehead atoms. The Bertz CT molecular complexity index is 1400. The Balaban J connectivity index is 0.000000420. The third kappa shape index (κ3) is 12.0. The summed E-state index contributed by atoms with van der Waals surface area (Å²) in [5, 5.41) is 12.9. The van der Waals surface area contributed by atoms with Crippen molar-refractivity contribution in [1.29, 1.82) is 0 Å². The number of nitrogens with zero attached hydrogens (tertiary/aromatic N) is 1. The molecule has 0 atom stereocenters. The predicted octanol–water partition coefficient (Wildman–Crippen LogP) is 11.4. The van der Waals surface area contributed by atoms with Crippen LogP contribution in [0.2, 0.25) is 0 Å². The number of aliphatic hydroxyl groups excluding tert-OH is 1. The number of carbonyl (C=O) groups is 1. The van der Waals surface area contributed by atoms with Crippen LogP contribution in [0.15, 0.2) is 54.4 Å². The second-order valence-corrected chi connectivity index (χ2v) is 16.2. The number of aliphatic hydroxyl groups is 1. The SMILES string of the molecule is CC(C)(C)CC(C)(C)C(=O)/C=C(\O)C(C)(C)CC(C)(C)C.Cc1[c-]c(-c2nccc3cc(C(C)C)ccc23)cc(C)c1.[Ir]. The van der Waals surface area contributed by atoms with E-state index in [0.29, 0.717) is 5.92 Å². The molecule has 2 aromatic carbocycles. The molecule has 1 heterocycles. The summed E-state index contributed by atoms with van der Waals surface area (Å²) in [6, 6.07) is 16.5. The maximum atomic E-state index is 12.5. The topological polar surface area (TPSA) is 50.2 Å². The molecule has 0 saturated carbocycles. The van der Waals surface area contributed by atoms with Gasteiger partial charge in [0.05, 0.1) is 0 Å². The van der Waals surface area contributed by atoms with Crippen molar-refractivity contribution >= 4 is 16.6 Å². The third-order valence-corrected chi connectivity index (χ3v) is 7.43. The van der Waals surface area contributed by atoms with Crippen molar-refractivity contribution in [1.82, 2.24) is 4.98 Å². The maximum absolute atomic E-state index is 12.5. The molecule has 43 heavy (non-hydrogen) atoms. The van der Waals surface area contributed by atoms with Gasteiger partial charge in [0.2, 0.25) is 0 Å². The van der Waals surface area contributed by atoms with Crippen LogP contribution in [0, 0.1) is 41.6 Å². The number of pyridine rings is 1. The largest absolute Gasteiger partial charge is 0.512 e. The minimum atomic E-state index is -0.454. The molecule has 0 spiro atoms. The van der Waals surface area contributed by atoms with Crippen LogP contribution in [0.3, 0.4) is 0 Å². The minimum Gasteiger partial charge on any atom is -0.512 e. The van der Waals surface area contributed by atoms with E-state index in [0.717, 1.165) is 29.7 Å². The molecule has 1 aromatic heterocycles. The summed E-state index contributed by atoms with van der Waals surface area (Å²) < 4.78 is 0. The molecule has 1 N–H and O–H groups in total. The molecule has 0 fully saturated rings. The zero-order valence-corrected chi connectivity index (χ0v) is 31.6. The first kappa shape index (κ1) is 38.7. The van der Waals surface area contributed by atoms with Crippen molar-refractivity contribution in [3.63, 3.8) is 0 Å². The molecule has 239 valence electrons. The normalized spacial score (nSPS) is 13.0. The number of allylic oxidation sites excluding steroid dienone is 2. The molecule has 0 aliphatic rings. The van der Waals surface area contributed by atoms with Crippen LogP contribution in [-0.2, 0) is 24.9 Å². The molecule has 0 aliphatic carbocycles. The average molecular weight is 763 g/mol. The average Bonchev–Trinajstić information content (AvgIpc) is 2.80. The second-order valence-electron chi connectivity index (χ2n) is 16.2. The van der Waals surface area contributed by atoms with Gasteiger partial charge in [0.1, 0.15) is 5.76 Å². The van der Waals surface area contributed by atoms with E-state index in [-0.39, 0.29) is 47.9 Å². The van der Waals surface area contributed by atoms with Crippen LogP contribution in [0.5, 0.6) is 0 Å². The molecular weight excluding hydrogens is 707 g/mol. The van der Waals surface area contributed by atoms with Gasteiger partial charge in [-0.3, -0.25) is 4.79 Å². The fourth-order valence-electron chi connectivity index (χ4n) is 6.14. The van der Waals surface area contributed by atoms with Gasteiger partial charge in [-0.1, -0.05) is 115 Å². The Hall–Kier alpha value is -2.29. The van der Waals surface area contributed by atoms with Gasteiger partial charge < -0.3 is 10.1 Å². The number of rotatable bonds is 7. The van der Waals surface area contributed by atoms with Gasteiger partial charge >= 0.3 is 0 Å². The molecule has 0 amide bonds. The first-order chi connectivity index (χ1) is 19.0.